The number of nitro benzene ring substituents is 1. The number of nitro groups is 1. The molecule has 110 valence electrons. The van der Waals surface area contributed by atoms with Gasteiger partial charge in [0.1, 0.15) is 0 Å². The van der Waals surface area contributed by atoms with E-state index >= 15 is 0 Å². The summed E-state index contributed by atoms with van der Waals surface area (Å²) in [6.45, 7) is 7.30. The van der Waals surface area contributed by atoms with Gasteiger partial charge in [0.15, 0.2) is 6.29 Å². The van der Waals surface area contributed by atoms with Crippen molar-refractivity contribution < 1.29 is 14.8 Å². The zero-order chi connectivity index (χ0) is 16.3. The summed E-state index contributed by atoms with van der Waals surface area (Å²) in [5, 5.41) is 21.8. The Kier molecular flexibility index (Phi) is 4.18. The molecular formula is C17H13NO4. The SMILES string of the molecule is C=C/C=C(\C=C)c1ccc2c(C=O)cc([N+](=O)[O-])c(O)c2c1. The van der Waals surface area contributed by atoms with Gasteiger partial charge in [-0.15, -0.1) is 0 Å². The first-order valence-corrected chi connectivity index (χ1v) is 6.38. The molecule has 0 heterocycles. The average Bonchev–Trinajstić information content (AvgIpc) is 2.52. The predicted molar refractivity (Wildman–Crippen MR) is 86.0 cm³/mol. The number of aldehydes is 1. The van der Waals surface area contributed by atoms with E-state index in [9.17, 15) is 20.0 Å². The zero-order valence-corrected chi connectivity index (χ0v) is 11.7. The van der Waals surface area contributed by atoms with E-state index < -0.39 is 16.4 Å². The van der Waals surface area contributed by atoms with E-state index in [-0.39, 0.29) is 10.9 Å². The molecule has 0 unspecified atom stereocenters. The first kappa shape index (κ1) is 15.2. The van der Waals surface area contributed by atoms with Gasteiger partial charge in [0.2, 0.25) is 5.75 Å². The van der Waals surface area contributed by atoms with Crippen molar-refractivity contribution in [1.29, 1.82) is 0 Å². The number of carbonyl (C=O) groups excluding carboxylic acids is 1. The molecule has 0 aliphatic rings. The minimum Gasteiger partial charge on any atom is -0.502 e. The van der Waals surface area contributed by atoms with Gasteiger partial charge in [-0.05, 0) is 22.6 Å². The molecule has 0 fully saturated rings. The van der Waals surface area contributed by atoms with Gasteiger partial charge in [-0.25, -0.2) is 0 Å². The average molecular weight is 295 g/mol. The van der Waals surface area contributed by atoms with Crippen LogP contribution in [0.1, 0.15) is 15.9 Å². The van der Waals surface area contributed by atoms with Gasteiger partial charge in [0.25, 0.3) is 0 Å². The third-order valence-electron chi connectivity index (χ3n) is 3.29. The van der Waals surface area contributed by atoms with Gasteiger partial charge < -0.3 is 5.11 Å². The smallest absolute Gasteiger partial charge is 0.312 e. The first-order valence-electron chi connectivity index (χ1n) is 6.38. The largest absolute Gasteiger partial charge is 0.502 e. The number of benzene rings is 2. The Balaban J connectivity index is 2.85. The van der Waals surface area contributed by atoms with Gasteiger partial charge in [-0.1, -0.05) is 43.5 Å². The minimum absolute atomic E-state index is 0.152. The molecule has 22 heavy (non-hydrogen) atoms. The van der Waals surface area contributed by atoms with E-state index in [2.05, 4.69) is 13.2 Å². The van der Waals surface area contributed by atoms with E-state index in [1.807, 2.05) is 0 Å². The Hall–Kier alpha value is -3.21. The molecule has 0 saturated heterocycles. The maximum absolute atomic E-state index is 11.1. The normalized spacial score (nSPS) is 11.2. The summed E-state index contributed by atoms with van der Waals surface area (Å²) in [6, 6.07) is 6.04. The van der Waals surface area contributed by atoms with Crippen molar-refractivity contribution in [1.82, 2.24) is 0 Å². The molecule has 0 spiro atoms. The Labute approximate surface area is 126 Å². The second-order valence-electron chi connectivity index (χ2n) is 4.53. The highest BCUT2D eigenvalue weighted by molar-refractivity contribution is 6.04. The van der Waals surface area contributed by atoms with E-state index in [1.165, 1.54) is 0 Å². The van der Waals surface area contributed by atoms with Gasteiger partial charge in [0, 0.05) is 17.0 Å². The van der Waals surface area contributed by atoms with Crippen LogP contribution in [0.3, 0.4) is 0 Å². The number of aromatic hydroxyl groups is 1. The lowest BCUT2D eigenvalue weighted by Gasteiger charge is -2.08. The standard InChI is InChI=1S/C17H13NO4/c1-3-5-11(4-2)12-6-7-14-13(10-19)9-16(18(21)22)17(20)15(14)8-12/h3-10,20H,1-2H2/b11-5+. The summed E-state index contributed by atoms with van der Waals surface area (Å²) < 4.78 is 0. The van der Waals surface area contributed by atoms with Crippen LogP contribution in [0.15, 0.2) is 55.7 Å². The molecule has 0 amide bonds. The third-order valence-corrected chi connectivity index (χ3v) is 3.29. The number of hydrogen-bond acceptors (Lipinski definition) is 4. The van der Waals surface area contributed by atoms with Crippen LogP contribution >= 0.6 is 0 Å². The van der Waals surface area contributed by atoms with Crippen molar-refractivity contribution >= 4 is 28.3 Å². The molecular weight excluding hydrogens is 282 g/mol. The Morgan fingerprint density at radius 3 is 2.50 bits per heavy atom. The fourth-order valence-electron chi connectivity index (χ4n) is 2.25. The van der Waals surface area contributed by atoms with Crippen molar-refractivity contribution in [2.24, 2.45) is 0 Å². The van der Waals surface area contributed by atoms with Gasteiger partial charge in [-0.2, -0.15) is 0 Å². The number of allylic oxidation sites excluding steroid dienone is 4. The van der Waals surface area contributed by atoms with Gasteiger partial charge in [0.05, 0.1) is 4.92 Å². The molecule has 0 bridgehead atoms. The number of nitrogens with zero attached hydrogens (tertiary/aromatic N) is 1. The predicted octanol–water partition coefficient (Wildman–Crippen LogP) is 4.02. The maximum atomic E-state index is 11.1. The highest BCUT2D eigenvalue weighted by Gasteiger charge is 2.19. The van der Waals surface area contributed by atoms with Gasteiger partial charge in [-0.3, -0.25) is 14.9 Å². The van der Waals surface area contributed by atoms with E-state index in [4.69, 9.17) is 0 Å². The number of phenolic OH excluding ortho intramolecular Hbond substituents is 1. The molecule has 0 atom stereocenters. The van der Waals surface area contributed by atoms with Crippen LogP contribution in [0.4, 0.5) is 5.69 Å². The minimum atomic E-state index is -0.720. The molecule has 1 N–H and O–H groups in total. The maximum Gasteiger partial charge on any atom is 0.312 e. The quantitative estimate of drug-likeness (QED) is 0.391. The lowest BCUT2D eigenvalue weighted by Crippen LogP contribution is -1.94. The number of hydrogen-bond donors (Lipinski definition) is 1. The molecule has 0 saturated carbocycles. The van der Waals surface area contributed by atoms with Crippen LogP contribution in [-0.4, -0.2) is 16.3 Å². The lowest BCUT2D eigenvalue weighted by atomic mass is 9.97. The van der Waals surface area contributed by atoms with Crippen molar-refractivity contribution in [3.63, 3.8) is 0 Å². The van der Waals surface area contributed by atoms with Crippen molar-refractivity contribution in [3.8, 4) is 5.75 Å². The Morgan fingerprint density at radius 1 is 1.23 bits per heavy atom. The second kappa shape index (κ2) is 6.05. The molecule has 0 aromatic heterocycles. The molecule has 2 aromatic carbocycles. The monoisotopic (exact) mass is 295 g/mol. The van der Waals surface area contributed by atoms with E-state index in [0.717, 1.165) is 11.6 Å². The van der Waals surface area contributed by atoms with Crippen LogP contribution in [0.25, 0.3) is 16.3 Å². The Bertz CT molecular complexity index is 834. The molecule has 2 aromatic rings. The fourth-order valence-corrected chi connectivity index (χ4v) is 2.25. The summed E-state index contributed by atoms with van der Waals surface area (Å²) in [6.07, 6.45) is 5.45. The molecule has 5 heteroatoms. The second-order valence-corrected chi connectivity index (χ2v) is 4.53. The van der Waals surface area contributed by atoms with Crippen molar-refractivity contribution in [3.05, 3.63) is 76.9 Å². The van der Waals surface area contributed by atoms with Crippen molar-refractivity contribution in [2.45, 2.75) is 0 Å². The summed E-state index contributed by atoms with van der Waals surface area (Å²) in [4.78, 5) is 21.4. The van der Waals surface area contributed by atoms with Crippen molar-refractivity contribution in [2.75, 3.05) is 0 Å². The third kappa shape index (κ3) is 2.52. The topological polar surface area (TPSA) is 80.4 Å². The lowest BCUT2D eigenvalue weighted by molar-refractivity contribution is -0.385. The number of phenols is 1. The summed E-state index contributed by atoms with van der Waals surface area (Å²) in [5.41, 5.74) is 1.10. The van der Waals surface area contributed by atoms with Crippen LogP contribution in [0.5, 0.6) is 5.75 Å². The van der Waals surface area contributed by atoms with Crippen LogP contribution in [-0.2, 0) is 0 Å². The number of carbonyl (C=O) groups is 1. The molecule has 0 radical (unpaired) electrons. The van der Waals surface area contributed by atoms with Gasteiger partial charge >= 0.3 is 5.69 Å². The fraction of sp³-hybridized carbons (Fsp3) is 0. The zero-order valence-electron chi connectivity index (χ0n) is 11.7. The molecule has 0 aliphatic carbocycles. The summed E-state index contributed by atoms with van der Waals surface area (Å²) in [7, 11) is 0. The van der Waals surface area contributed by atoms with Crippen LogP contribution < -0.4 is 0 Å². The van der Waals surface area contributed by atoms with Crippen LogP contribution in [0.2, 0.25) is 0 Å². The number of rotatable bonds is 5. The summed E-state index contributed by atoms with van der Waals surface area (Å²) >= 11 is 0. The number of fused-ring (bicyclic) bond motifs is 1. The highest BCUT2D eigenvalue weighted by atomic mass is 16.6. The highest BCUT2D eigenvalue weighted by Crippen LogP contribution is 2.37. The van der Waals surface area contributed by atoms with E-state index in [0.29, 0.717) is 17.2 Å². The molecule has 5 nitrogen and oxygen atoms in total. The van der Waals surface area contributed by atoms with E-state index in [1.54, 1.807) is 36.4 Å². The molecule has 2 rings (SSSR count). The first-order chi connectivity index (χ1) is 10.5. The summed E-state index contributed by atoms with van der Waals surface area (Å²) in [5.74, 6) is -0.463. The molecule has 0 aliphatic heterocycles. The Morgan fingerprint density at radius 2 is 1.95 bits per heavy atom. The van der Waals surface area contributed by atoms with Crippen LogP contribution in [0, 0.1) is 10.1 Å².